The molecule has 1 N–H and O–H groups in total. The molecule has 2 fully saturated rings. The summed E-state index contributed by atoms with van der Waals surface area (Å²) in [4.78, 5) is 2.77. The molecule has 0 aromatic heterocycles. The molecule has 2 saturated heterocycles. The van der Waals surface area contributed by atoms with Gasteiger partial charge in [0, 0.05) is 31.3 Å². The van der Waals surface area contributed by atoms with E-state index >= 15 is 0 Å². The molecule has 2 aliphatic rings. The van der Waals surface area contributed by atoms with Crippen LogP contribution in [0.25, 0.3) is 0 Å². The summed E-state index contributed by atoms with van der Waals surface area (Å²) in [7, 11) is 0. The molecule has 3 nitrogen and oxygen atoms in total. The topological polar surface area (TPSA) is 24.5 Å². The first kappa shape index (κ1) is 17.2. The maximum Gasteiger partial charge on any atom is 0.0593 e. The monoisotopic (exact) mass is 296 g/mol. The third-order valence-electron chi connectivity index (χ3n) is 5.14. The van der Waals surface area contributed by atoms with Crippen molar-refractivity contribution in [3.8, 4) is 0 Å². The van der Waals surface area contributed by atoms with Gasteiger partial charge in [0.15, 0.2) is 0 Å². The molecule has 2 bridgehead atoms. The van der Waals surface area contributed by atoms with E-state index in [2.05, 4.69) is 31.0 Å². The first-order valence-electron chi connectivity index (χ1n) is 9.27. The smallest absolute Gasteiger partial charge is 0.0593 e. The second-order valence-corrected chi connectivity index (χ2v) is 7.39. The molecule has 2 unspecified atom stereocenters. The van der Waals surface area contributed by atoms with Crippen molar-refractivity contribution in [1.29, 1.82) is 0 Å². The van der Waals surface area contributed by atoms with E-state index in [1.165, 1.54) is 51.5 Å². The predicted molar refractivity (Wildman–Crippen MR) is 89.7 cm³/mol. The maximum atomic E-state index is 5.85. The van der Waals surface area contributed by atoms with Crippen LogP contribution in [0.2, 0.25) is 0 Å². The van der Waals surface area contributed by atoms with Gasteiger partial charge >= 0.3 is 0 Å². The van der Waals surface area contributed by atoms with Gasteiger partial charge in [0.2, 0.25) is 0 Å². The molecule has 21 heavy (non-hydrogen) atoms. The van der Waals surface area contributed by atoms with Gasteiger partial charge in [-0.05, 0) is 51.0 Å². The highest BCUT2D eigenvalue weighted by Crippen LogP contribution is 2.33. The predicted octanol–water partition coefficient (Wildman–Crippen LogP) is 3.43. The van der Waals surface area contributed by atoms with Crippen molar-refractivity contribution in [3.63, 3.8) is 0 Å². The highest BCUT2D eigenvalue weighted by molar-refractivity contribution is 4.94. The summed E-state index contributed by atoms with van der Waals surface area (Å²) < 4.78 is 5.85. The van der Waals surface area contributed by atoms with Crippen molar-refractivity contribution in [2.75, 3.05) is 26.3 Å². The largest absolute Gasteiger partial charge is 0.380 e. The Morgan fingerprint density at radius 1 is 1.14 bits per heavy atom. The van der Waals surface area contributed by atoms with Crippen molar-refractivity contribution in [2.45, 2.75) is 83.8 Å². The molecule has 0 saturated carbocycles. The summed E-state index contributed by atoms with van der Waals surface area (Å²) >= 11 is 0. The summed E-state index contributed by atoms with van der Waals surface area (Å²) in [6.45, 7) is 11.0. The minimum Gasteiger partial charge on any atom is -0.380 e. The second kappa shape index (κ2) is 9.12. The fourth-order valence-electron chi connectivity index (χ4n) is 3.95. The van der Waals surface area contributed by atoms with Gasteiger partial charge in [-0.1, -0.05) is 27.2 Å². The average molecular weight is 296 g/mol. The number of nitrogens with zero attached hydrogens (tertiary/aromatic N) is 1. The zero-order chi connectivity index (χ0) is 15.1. The molecule has 2 aliphatic heterocycles. The Morgan fingerprint density at radius 2 is 1.86 bits per heavy atom. The number of piperidine rings is 2. The first-order chi connectivity index (χ1) is 10.2. The molecular weight excluding hydrogens is 260 g/mol. The lowest BCUT2D eigenvalue weighted by atomic mass is 9.81. The van der Waals surface area contributed by atoms with Crippen LogP contribution in [0.5, 0.6) is 0 Å². The van der Waals surface area contributed by atoms with E-state index in [0.29, 0.717) is 0 Å². The minimum atomic E-state index is 0.754. The highest BCUT2D eigenvalue weighted by Gasteiger charge is 2.37. The van der Waals surface area contributed by atoms with Gasteiger partial charge in [-0.2, -0.15) is 0 Å². The molecule has 0 aromatic carbocycles. The van der Waals surface area contributed by atoms with Crippen LogP contribution in [0, 0.1) is 5.92 Å². The van der Waals surface area contributed by atoms with Crippen molar-refractivity contribution < 1.29 is 4.74 Å². The van der Waals surface area contributed by atoms with Gasteiger partial charge in [0.25, 0.3) is 0 Å². The molecule has 2 atom stereocenters. The molecule has 2 heterocycles. The summed E-state index contributed by atoms with van der Waals surface area (Å²) in [5.41, 5.74) is 0. The Labute approximate surface area is 131 Å². The second-order valence-electron chi connectivity index (χ2n) is 7.39. The molecule has 0 amide bonds. The van der Waals surface area contributed by atoms with Gasteiger partial charge in [0.1, 0.15) is 0 Å². The number of hydrogen-bond donors (Lipinski definition) is 1. The first-order valence-corrected chi connectivity index (χ1v) is 9.27. The molecule has 124 valence electrons. The van der Waals surface area contributed by atoms with Gasteiger partial charge in [0.05, 0.1) is 6.61 Å². The van der Waals surface area contributed by atoms with Crippen LogP contribution in [0.15, 0.2) is 0 Å². The number of hydrogen-bond acceptors (Lipinski definition) is 3. The van der Waals surface area contributed by atoms with Crippen molar-refractivity contribution in [3.05, 3.63) is 0 Å². The van der Waals surface area contributed by atoms with Gasteiger partial charge in [-0.3, -0.25) is 4.90 Å². The van der Waals surface area contributed by atoms with E-state index in [9.17, 15) is 0 Å². The zero-order valence-corrected chi connectivity index (χ0v) is 14.4. The lowest BCUT2D eigenvalue weighted by Crippen LogP contribution is -2.57. The SMILES string of the molecule is CCCNC1CC2CCCC(C1)N2CCOCCC(C)C. The maximum absolute atomic E-state index is 5.85. The third-order valence-corrected chi connectivity index (χ3v) is 5.14. The minimum absolute atomic E-state index is 0.754. The van der Waals surface area contributed by atoms with E-state index in [0.717, 1.165) is 43.8 Å². The van der Waals surface area contributed by atoms with Crippen molar-refractivity contribution in [1.82, 2.24) is 10.2 Å². The summed E-state index contributed by atoms with van der Waals surface area (Å²) in [6, 6.07) is 2.37. The van der Waals surface area contributed by atoms with Crippen LogP contribution in [0.1, 0.15) is 65.7 Å². The van der Waals surface area contributed by atoms with Crippen LogP contribution in [0.4, 0.5) is 0 Å². The Balaban J connectivity index is 1.71. The molecule has 0 aliphatic carbocycles. The number of fused-ring (bicyclic) bond motifs is 2. The summed E-state index contributed by atoms with van der Waals surface area (Å²) in [5, 5.41) is 3.75. The third kappa shape index (κ3) is 5.54. The number of rotatable bonds is 9. The van der Waals surface area contributed by atoms with Crippen LogP contribution in [-0.2, 0) is 4.74 Å². The Kier molecular flexibility index (Phi) is 7.48. The fraction of sp³-hybridized carbons (Fsp3) is 1.00. The summed E-state index contributed by atoms with van der Waals surface area (Å²) in [5.74, 6) is 0.754. The van der Waals surface area contributed by atoms with Gasteiger partial charge in [-0.15, -0.1) is 0 Å². The number of ether oxygens (including phenoxy) is 1. The lowest BCUT2D eigenvalue weighted by Gasteiger charge is -2.49. The van der Waals surface area contributed by atoms with E-state index in [1.807, 2.05) is 0 Å². The molecule has 3 heteroatoms. The Bertz CT molecular complexity index is 268. The van der Waals surface area contributed by atoms with Crippen molar-refractivity contribution in [2.24, 2.45) is 5.92 Å². The lowest BCUT2D eigenvalue weighted by molar-refractivity contribution is -0.00161. The standard InChI is InChI=1S/C18H36N2O/c1-4-9-19-16-13-17-6-5-7-18(14-16)20(17)10-12-21-11-8-15(2)3/h15-19H,4-14H2,1-3H3. The quantitative estimate of drug-likeness (QED) is 0.660. The average Bonchev–Trinajstić information content (AvgIpc) is 2.44. The van der Waals surface area contributed by atoms with E-state index in [4.69, 9.17) is 4.74 Å². The van der Waals surface area contributed by atoms with Crippen LogP contribution in [-0.4, -0.2) is 49.3 Å². The van der Waals surface area contributed by atoms with Crippen LogP contribution >= 0.6 is 0 Å². The zero-order valence-electron chi connectivity index (χ0n) is 14.4. The Hall–Kier alpha value is -0.120. The number of nitrogens with one attached hydrogen (secondary N) is 1. The van der Waals surface area contributed by atoms with Crippen molar-refractivity contribution >= 4 is 0 Å². The molecular formula is C18H36N2O. The molecule has 0 radical (unpaired) electrons. The Morgan fingerprint density at radius 3 is 2.48 bits per heavy atom. The van der Waals surface area contributed by atoms with Gasteiger partial charge in [-0.25, -0.2) is 0 Å². The fourth-order valence-corrected chi connectivity index (χ4v) is 3.95. The van der Waals surface area contributed by atoms with E-state index < -0.39 is 0 Å². The van der Waals surface area contributed by atoms with Crippen LogP contribution < -0.4 is 5.32 Å². The van der Waals surface area contributed by atoms with E-state index in [1.54, 1.807) is 0 Å². The van der Waals surface area contributed by atoms with Gasteiger partial charge < -0.3 is 10.1 Å². The highest BCUT2D eigenvalue weighted by atomic mass is 16.5. The normalized spacial score (nSPS) is 30.0. The molecule has 2 rings (SSSR count). The molecule has 0 aromatic rings. The van der Waals surface area contributed by atoms with E-state index in [-0.39, 0.29) is 0 Å². The summed E-state index contributed by atoms with van der Waals surface area (Å²) in [6.07, 6.45) is 9.36. The molecule has 0 spiro atoms. The van der Waals surface area contributed by atoms with Crippen LogP contribution in [0.3, 0.4) is 0 Å².